The second kappa shape index (κ2) is 5.09. The fraction of sp³-hybridized carbons (Fsp3) is 0.600. The van der Waals surface area contributed by atoms with Gasteiger partial charge in [-0.05, 0) is 25.5 Å². The molecule has 1 rings (SSSR count). The second-order valence-electron chi connectivity index (χ2n) is 4.03. The van der Waals surface area contributed by atoms with Gasteiger partial charge in [-0.15, -0.1) is 0 Å². The van der Waals surface area contributed by atoms with Gasteiger partial charge in [-0.3, -0.25) is 4.68 Å². The van der Waals surface area contributed by atoms with E-state index < -0.39 is 11.6 Å². The summed E-state index contributed by atoms with van der Waals surface area (Å²) in [4.78, 5) is 10.6. The molecule has 1 aromatic rings. The Bertz CT molecular complexity index is 360. The molecule has 16 heavy (non-hydrogen) atoms. The Morgan fingerprint density at radius 1 is 1.69 bits per heavy atom. The number of hydrogen-bond donors (Lipinski definition) is 3. The number of nitrogens with one attached hydrogen (secondary N) is 1. The molecule has 0 amide bonds. The van der Waals surface area contributed by atoms with Gasteiger partial charge >= 0.3 is 5.97 Å². The van der Waals surface area contributed by atoms with E-state index in [0.717, 1.165) is 12.0 Å². The molecular formula is C10H17N3O3. The Kier molecular flexibility index (Phi) is 4.03. The van der Waals surface area contributed by atoms with Gasteiger partial charge in [-0.25, -0.2) is 4.79 Å². The summed E-state index contributed by atoms with van der Waals surface area (Å²) in [6.07, 6.45) is 4.41. The Hall–Kier alpha value is -1.40. The van der Waals surface area contributed by atoms with Crippen molar-refractivity contribution in [3.63, 3.8) is 0 Å². The lowest BCUT2D eigenvalue weighted by Gasteiger charge is -2.18. The Morgan fingerprint density at radius 3 is 2.88 bits per heavy atom. The van der Waals surface area contributed by atoms with Crippen LogP contribution < -0.4 is 5.32 Å². The standard InChI is InChI=1S/C10H17N3O3/c1-10(16,9(14)15)7-11-4-3-8-5-12-13(2)6-8/h5-6,11,16H,3-4,7H2,1-2H3,(H,14,15). The van der Waals surface area contributed by atoms with Crippen LogP contribution in [0.5, 0.6) is 0 Å². The number of aliphatic carboxylic acids is 1. The zero-order valence-electron chi connectivity index (χ0n) is 9.47. The Labute approximate surface area is 93.9 Å². The number of carboxylic acid groups (broad SMARTS) is 1. The van der Waals surface area contributed by atoms with Crippen molar-refractivity contribution in [2.75, 3.05) is 13.1 Å². The summed E-state index contributed by atoms with van der Waals surface area (Å²) in [6.45, 7) is 1.91. The van der Waals surface area contributed by atoms with Crippen LogP contribution in [0.4, 0.5) is 0 Å². The average Bonchev–Trinajstić information content (AvgIpc) is 2.59. The zero-order valence-corrected chi connectivity index (χ0v) is 9.47. The summed E-state index contributed by atoms with van der Waals surface area (Å²) in [6, 6.07) is 0. The van der Waals surface area contributed by atoms with E-state index in [1.807, 2.05) is 13.2 Å². The van der Waals surface area contributed by atoms with Gasteiger partial charge in [0.15, 0.2) is 5.60 Å². The zero-order chi connectivity index (χ0) is 12.2. The number of aromatic nitrogens is 2. The topological polar surface area (TPSA) is 87.4 Å². The van der Waals surface area contributed by atoms with Gasteiger partial charge in [0.2, 0.25) is 0 Å². The molecule has 0 saturated heterocycles. The van der Waals surface area contributed by atoms with Crippen molar-refractivity contribution in [3.05, 3.63) is 18.0 Å². The number of aryl methyl sites for hydroxylation is 1. The Balaban J connectivity index is 2.24. The first-order valence-electron chi connectivity index (χ1n) is 5.06. The van der Waals surface area contributed by atoms with Crippen LogP contribution in [0.1, 0.15) is 12.5 Å². The van der Waals surface area contributed by atoms with Gasteiger partial charge in [-0.2, -0.15) is 5.10 Å². The molecule has 0 bridgehead atoms. The maximum atomic E-state index is 10.6. The molecule has 0 fully saturated rings. The highest BCUT2D eigenvalue weighted by Crippen LogP contribution is 2.01. The third kappa shape index (κ3) is 3.63. The molecule has 1 aromatic heterocycles. The summed E-state index contributed by atoms with van der Waals surface area (Å²) in [5.41, 5.74) is -0.639. The average molecular weight is 227 g/mol. The molecule has 1 unspecified atom stereocenters. The minimum Gasteiger partial charge on any atom is -0.479 e. The van der Waals surface area contributed by atoms with Crippen molar-refractivity contribution in [1.29, 1.82) is 0 Å². The molecule has 1 atom stereocenters. The maximum Gasteiger partial charge on any atom is 0.336 e. The minimum absolute atomic E-state index is 0.0304. The second-order valence-corrected chi connectivity index (χ2v) is 4.03. The van der Waals surface area contributed by atoms with Crippen LogP contribution in [-0.2, 0) is 18.3 Å². The maximum absolute atomic E-state index is 10.6. The van der Waals surface area contributed by atoms with Crippen LogP contribution in [0.25, 0.3) is 0 Å². The number of rotatable bonds is 6. The van der Waals surface area contributed by atoms with Gasteiger partial charge in [-0.1, -0.05) is 0 Å². The summed E-state index contributed by atoms with van der Waals surface area (Å²) < 4.78 is 1.71. The molecule has 0 radical (unpaired) electrons. The lowest BCUT2D eigenvalue weighted by Crippen LogP contribution is -2.45. The van der Waals surface area contributed by atoms with Crippen LogP contribution in [0, 0.1) is 0 Å². The molecule has 0 aliphatic heterocycles. The number of aliphatic hydroxyl groups is 1. The fourth-order valence-corrected chi connectivity index (χ4v) is 1.24. The van der Waals surface area contributed by atoms with E-state index >= 15 is 0 Å². The molecule has 3 N–H and O–H groups in total. The molecule has 0 aliphatic carbocycles. The Morgan fingerprint density at radius 2 is 2.38 bits per heavy atom. The van der Waals surface area contributed by atoms with E-state index in [1.54, 1.807) is 10.9 Å². The predicted molar refractivity (Wildman–Crippen MR) is 58.0 cm³/mol. The van der Waals surface area contributed by atoms with Crippen molar-refractivity contribution >= 4 is 5.97 Å². The van der Waals surface area contributed by atoms with Gasteiger partial charge in [0.05, 0.1) is 6.20 Å². The fourth-order valence-electron chi connectivity index (χ4n) is 1.24. The molecule has 1 heterocycles. The smallest absolute Gasteiger partial charge is 0.336 e. The van der Waals surface area contributed by atoms with E-state index in [1.165, 1.54) is 6.92 Å². The lowest BCUT2D eigenvalue weighted by atomic mass is 10.1. The number of carbonyl (C=O) groups is 1. The van der Waals surface area contributed by atoms with E-state index in [4.69, 9.17) is 5.11 Å². The summed E-state index contributed by atoms with van der Waals surface area (Å²) in [5, 5.41) is 25.0. The third-order valence-corrected chi connectivity index (χ3v) is 2.28. The van der Waals surface area contributed by atoms with Crippen molar-refractivity contribution in [2.24, 2.45) is 7.05 Å². The van der Waals surface area contributed by atoms with Gasteiger partial charge in [0.25, 0.3) is 0 Å². The van der Waals surface area contributed by atoms with Crippen molar-refractivity contribution < 1.29 is 15.0 Å². The van der Waals surface area contributed by atoms with Crippen molar-refractivity contribution in [1.82, 2.24) is 15.1 Å². The molecule has 6 heteroatoms. The number of hydrogen-bond acceptors (Lipinski definition) is 4. The molecular weight excluding hydrogens is 210 g/mol. The first kappa shape index (κ1) is 12.7. The van der Waals surface area contributed by atoms with E-state index in [2.05, 4.69) is 10.4 Å². The predicted octanol–water partition coefficient (Wildman–Crippen LogP) is -0.612. The van der Waals surface area contributed by atoms with Crippen molar-refractivity contribution in [3.8, 4) is 0 Å². The van der Waals surface area contributed by atoms with Gasteiger partial charge < -0.3 is 15.5 Å². The van der Waals surface area contributed by atoms with E-state index in [-0.39, 0.29) is 6.54 Å². The highest BCUT2D eigenvalue weighted by Gasteiger charge is 2.28. The van der Waals surface area contributed by atoms with Crippen LogP contribution in [0.2, 0.25) is 0 Å². The van der Waals surface area contributed by atoms with Crippen molar-refractivity contribution in [2.45, 2.75) is 18.9 Å². The highest BCUT2D eigenvalue weighted by molar-refractivity contribution is 5.76. The summed E-state index contributed by atoms with van der Waals surface area (Å²) in [7, 11) is 1.84. The highest BCUT2D eigenvalue weighted by atomic mass is 16.4. The normalized spacial score (nSPS) is 14.7. The molecule has 0 spiro atoms. The molecule has 0 saturated carbocycles. The van der Waals surface area contributed by atoms with Gasteiger partial charge in [0, 0.05) is 19.8 Å². The minimum atomic E-state index is -1.71. The van der Waals surface area contributed by atoms with E-state index in [9.17, 15) is 9.90 Å². The molecule has 0 aromatic carbocycles. The number of nitrogens with zero attached hydrogens (tertiary/aromatic N) is 2. The summed E-state index contributed by atoms with van der Waals surface area (Å²) in [5.74, 6) is -1.22. The van der Waals surface area contributed by atoms with Crippen LogP contribution in [0.3, 0.4) is 0 Å². The van der Waals surface area contributed by atoms with E-state index in [0.29, 0.717) is 6.54 Å². The van der Waals surface area contributed by atoms with Crippen LogP contribution >= 0.6 is 0 Å². The van der Waals surface area contributed by atoms with Gasteiger partial charge in [0.1, 0.15) is 0 Å². The molecule has 0 aliphatic rings. The van der Waals surface area contributed by atoms with Crippen LogP contribution in [0.15, 0.2) is 12.4 Å². The molecule has 6 nitrogen and oxygen atoms in total. The summed E-state index contributed by atoms with van der Waals surface area (Å²) >= 11 is 0. The quantitative estimate of drug-likeness (QED) is 0.564. The lowest BCUT2D eigenvalue weighted by molar-refractivity contribution is -0.156. The monoisotopic (exact) mass is 227 g/mol. The van der Waals surface area contributed by atoms with Crippen LogP contribution in [-0.4, -0.2) is 44.7 Å². The number of carboxylic acids is 1. The third-order valence-electron chi connectivity index (χ3n) is 2.28. The molecule has 90 valence electrons. The largest absolute Gasteiger partial charge is 0.479 e. The SMILES string of the molecule is Cn1cc(CCNCC(C)(O)C(=O)O)cn1. The first-order chi connectivity index (χ1) is 7.42. The first-order valence-corrected chi connectivity index (χ1v) is 5.06.